The molecule has 8 atom stereocenters. The largest absolute Gasteiger partial charge is 0.454 e. The van der Waals surface area contributed by atoms with Crippen LogP contribution in [-0.2, 0) is 23.8 Å². The average molecular weight is 1040 g/mol. The molecule has 8 unspecified atom stereocenters. The maximum atomic E-state index is 13.4. The van der Waals surface area contributed by atoms with Crippen molar-refractivity contribution in [2.75, 3.05) is 13.2 Å². The monoisotopic (exact) mass is 1040 g/mol. The van der Waals surface area contributed by atoms with Crippen molar-refractivity contribution in [3.63, 3.8) is 0 Å². The number of rotatable bonds is 50. The third kappa shape index (κ3) is 38.6. The molecule has 428 valence electrons. The number of aliphatic hydroxyl groups is 5. The zero-order chi connectivity index (χ0) is 54.0. The van der Waals surface area contributed by atoms with Gasteiger partial charge in [-0.1, -0.05) is 222 Å². The first-order chi connectivity index (χ1) is 36.2. The molecular weight excluding hydrogens is 931 g/mol. The van der Waals surface area contributed by atoms with Crippen LogP contribution in [-0.4, -0.2) is 99.6 Å². The number of hydrogen-bond acceptors (Lipinski definition) is 10. The van der Waals surface area contributed by atoms with Crippen molar-refractivity contribution in [1.29, 1.82) is 0 Å². The fraction of sp³-hybridized carbons (Fsp3) is 0.778. The van der Waals surface area contributed by atoms with Crippen LogP contribution >= 0.6 is 0 Å². The summed E-state index contributed by atoms with van der Waals surface area (Å²) in [5.74, 6) is -1.23. The van der Waals surface area contributed by atoms with Crippen molar-refractivity contribution in [2.45, 2.75) is 301 Å². The summed E-state index contributed by atoms with van der Waals surface area (Å²) in [7, 11) is 0. The summed E-state index contributed by atoms with van der Waals surface area (Å²) in [5.41, 5.74) is 0. The van der Waals surface area contributed by atoms with Crippen LogP contribution in [0.4, 0.5) is 0 Å². The number of amides is 1. The number of hydrogen-bond donors (Lipinski definition) is 6. The molecule has 1 aliphatic heterocycles. The number of ether oxygens (including phenoxy) is 3. The number of carbonyl (C=O) groups is 2. The fourth-order valence-electron chi connectivity index (χ4n) is 8.98. The van der Waals surface area contributed by atoms with Gasteiger partial charge in [-0.2, -0.15) is 0 Å². The van der Waals surface area contributed by atoms with Crippen LogP contribution < -0.4 is 5.32 Å². The minimum absolute atomic E-state index is 0.0988. The molecule has 1 fully saturated rings. The topological polar surface area (TPSA) is 175 Å². The average Bonchev–Trinajstić information content (AvgIpc) is 3.40. The van der Waals surface area contributed by atoms with E-state index in [0.29, 0.717) is 12.8 Å². The first-order valence-corrected chi connectivity index (χ1v) is 30.2. The number of allylic oxidation sites excluding steroid dienone is 11. The van der Waals surface area contributed by atoms with Gasteiger partial charge in [-0.15, -0.1) is 0 Å². The SMILES string of the molecule is CCCCC/C=C\C/C=C\C/C=C\C/C=C\CCCCCCC(O)C(=O)NC(COC1OC(CO)C(O)C(O)C1OC(=O)CCCCC/C=C\CCCCCCCCC)C(O)/C=C/CCCCCCCCCCC. The molecule has 74 heavy (non-hydrogen) atoms. The van der Waals surface area contributed by atoms with Gasteiger partial charge in [0.25, 0.3) is 0 Å². The molecule has 11 nitrogen and oxygen atoms in total. The van der Waals surface area contributed by atoms with Crippen molar-refractivity contribution in [1.82, 2.24) is 5.32 Å². The second-order valence-electron chi connectivity index (χ2n) is 20.7. The van der Waals surface area contributed by atoms with Crippen LogP contribution in [0.2, 0.25) is 0 Å². The van der Waals surface area contributed by atoms with E-state index in [2.05, 4.69) is 86.8 Å². The van der Waals surface area contributed by atoms with Crippen LogP contribution in [0.25, 0.3) is 0 Å². The maximum Gasteiger partial charge on any atom is 0.306 e. The minimum Gasteiger partial charge on any atom is -0.454 e. The summed E-state index contributed by atoms with van der Waals surface area (Å²) in [6.45, 7) is 5.72. The highest BCUT2D eigenvalue weighted by Crippen LogP contribution is 2.26. The van der Waals surface area contributed by atoms with Crippen LogP contribution in [0.3, 0.4) is 0 Å². The fourth-order valence-corrected chi connectivity index (χ4v) is 8.98. The van der Waals surface area contributed by atoms with E-state index in [-0.39, 0.29) is 19.4 Å². The predicted molar refractivity (Wildman–Crippen MR) is 306 cm³/mol. The highest BCUT2D eigenvalue weighted by molar-refractivity contribution is 5.80. The lowest BCUT2D eigenvalue weighted by atomic mass is 9.99. The molecule has 1 amide bonds. The Balaban J connectivity index is 2.71. The molecule has 0 radical (unpaired) electrons. The standard InChI is InChI=1S/C63H111NO10/c1-4-7-10-13-16-19-22-24-26-27-28-29-30-31-32-35-38-41-44-47-50-56(67)62(71)64-54(55(66)49-46-43-40-37-34-21-18-15-12-9-6-3)53-72-63-61(60(70)59(69)57(52-65)73-63)74-58(68)51-48-45-42-39-36-33-25-23-20-17-14-11-8-5-2/h16,19,24,26,28-29,31-33,36,46,49,54-57,59-61,63,65-67,69-70H,4-15,17-18,20-23,25,27,30,34-35,37-45,47-48,50-53H2,1-3H3,(H,64,71)/b19-16-,26-24-,29-28-,32-31-,36-33-,49-46+. The summed E-state index contributed by atoms with van der Waals surface area (Å²) in [4.78, 5) is 26.5. The molecule has 0 aromatic rings. The minimum atomic E-state index is -1.62. The van der Waals surface area contributed by atoms with Crippen molar-refractivity contribution < 1.29 is 49.3 Å². The van der Waals surface area contributed by atoms with Gasteiger partial charge in [-0.25, -0.2) is 0 Å². The van der Waals surface area contributed by atoms with E-state index >= 15 is 0 Å². The Kier molecular flexibility index (Phi) is 47.5. The summed E-state index contributed by atoms with van der Waals surface area (Å²) in [5, 5.41) is 56.8. The maximum absolute atomic E-state index is 13.4. The number of esters is 1. The number of aliphatic hydroxyl groups excluding tert-OH is 5. The zero-order valence-electron chi connectivity index (χ0n) is 47.2. The van der Waals surface area contributed by atoms with E-state index in [0.717, 1.165) is 96.3 Å². The van der Waals surface area contributed by atoms with Gasteiger partial charge in [0.2, 0.25) is 5.91 Å². The molecule has 0 aromatic carbocycles. The van der Waals surface area contributed by atoms with E-state index in [1.54, 1.807) is 6.08 Å². The van der Waals surface area contributed by atoms with Gasteiger partial charge in [-0.3, -0.25) is 9.59 Å². The highest BCUT2D eigenvalue weighted by atomic mass is 16.7. The Morgan fingerprint density at radius 1 is 0.527 bits per heavy atom. The molecule has 1 saturated heterocycles. The molecule has 0 bridgehead atoms. The number of carbonyl (C=O) groups excluding carboxylic acids is 2. The van der Waals surface area contributed by atoms with Crippen LogP contribution in [0, 0.1) is 0 Å². The molecule has 1 aliphatic rings. The van der Waals surface area contributed by atoms with Gasteiger partial charge in [-0.05, 0) is 96.3 Å². The van der Waals surface area contributed by atoms with Crippen LogP contribution in [0.1, 0.15) is 252 Å². The summed E-state index contributed by atoms with van der Waals surface area (Å²) >= 11 is 0. The third-order valence-corrected chi connectivity index (χ3v) is 13.8. The molecule has 0 saturated carbocycles. The predicted octanol–water partition coefficient (Wildman–Crippen LogP) is 14.0. The van der Waals surface area contributed by atoms with Gasteiger partial charge in [0.05, 0.1) is 25.4 Å². The van der Waals surface area contributed by atoms with Gasteiger partial charge in [0, 0.05) is 6.42 Å². The molecular formula is C63H111NO10. The second-order valence-corrected chi connectivity index (χ2v) is 20.7. The second kappa shape index (κ2) is 50.9. The summed E-state index contributed by atoms with van der Waals surface area (Å²) in [6.07, 6.45) is 53.7. The Labute approximate surface area is 451 Å². The lowest BCUT2D eigenvalue weighted by Crippen LogP contribution is -2.61. The zero-order valence-corrected chi connectivity index (χ0v) is 47.2. The first-order valence-electron chi connectivity index (χ1n) is 30.2. The van der Waals surface area contributed by atoms with Crippen molar-refractivity contribution >= 4 is 11.9 Å². The molecule has 0 aliphatic carbocycles. The van der Waals surface area contributed by atoms with Crippen LogP contribution in [0.5, 0.6) is 0 Å². The van der Waals surface area contributed by atoms with E-state index in [1.807, 2.05) is 6.08 Å². The van der Waals surface area contributed by atoms with Gasteiger partial charge in [0.15, 0.2) is 12.4 Å². The molecule has 6 N–H and O–H groups in total. The van der Waals surface area contributed by atoms with Crippen molar-refractivity contribution in [2.24, 2.45) is 0 Å². The summed E-state index contributed by atoms with van der Waals surface area (Å²) < 4.78 is 17.6. The molecule has 1 rings (SSSR count). The Morgan fingerprint density at radius 3 is 1.43 bits per heavy atom. The Bertz CT molecular complexity index is 1480. The van der Waals surface area contributed by atoms with Crippen LogP contribution in [0.15, 0.2) is 72.9 Å². The normalized spacial score (nSPS) is 19.8. The number of nitrogens with one attached hydrogen (secondary N) is 1. The van der Waals surface area contributed by atoms with Gasteiger partial charge < -0.3 is 45.1 Å². The summed E-state index contributed by atoms with van der Waals surface area (Å²) in [6, 6.07) is -1.04. The van der Waals surface area contributed by atoms with E-state index in [4.69, 9.17) is 14.2 Å². The first kappa shape index (κ1) is 69.1. The molecule has 0 spiro atoms. The molecule has 0 aromatic heterocycles. The third-order valence-electron chi connectivity index (χ3n) is 13.8. The van der Waals surface area contributed by atoms with Gasteiger partial charge >= 0.3 is 5.97 Å². The lowest BCUT2D eigenvalue weighted by Gasteiger charge is -2.41. The number of unbranched alkanes of at least 4 members (excludes halogenated alkanes) is 26. The van der Waals surface area contributed by atoms with E-state index < -0.39 is 67.4 Å². The van der Waals surface area contributed by atoms with Crippen molar-refractivity contribution in [3.05, 3.63) is 72.9 Å². The van der Waals surface area contributed by atoms with Crippen molar-refractivity contribution in [3.8, 4) is 0 Å². The van der Waals surface area contributed by atoms with E-state index in [9.17, 15) is 35.1 Å². The molecule has 1 heterocycles. The Morgan fingerprint density at radius 2 is 0.932 bits per heavy atom. The quantitative estimate of drug-likeness (QED) is 0.0195. The highest BCUT2D eigenvalue weighted by Gasteiger charge is 2.47. The Hall–Kier alpha value is -2.90. The smallest absolute Gasteiger partial charge is 0.306 e. The lowest BCUT2D eigenvalue weighted by molar-refractivity contribution is -0.305. The van der Waals surface area contributed by atoms with E-state index in [1.165, 1.54) is 109 Å². The van der Waals surface area contributed by atoms with Gasteiger partial charge in [0.1, 0.15) is 24.4 Å². The molecule has 11 heteroatoms.